The van der Waals surface area contributed by atoms with E-state index >= 15 is 0 Å². The molecule has 1 saturated carbocycles. The Morgan fingerprint density at radius 2 is 2.22 bits per heavy atom. The summed E-state index contributed by atoms with van der Waals surface area (Å²) < 4.78 is 0. The van der Waals surface area contributed by atoms with Crippen LogP contribution in [-0.2, 0) is 0 Å². The fourth-order valence-corrected chi connectivity index (χ4v) is 3.11. The van der Waals surface area contributed by atoms with Crippen molar-refractivity contribution in [2.75, 3.05) is 18.6 Å². The summed E-state index contributed by atoms with van der Waals surface area (Å²) in [6, 6.07) is 9.81. The summed E-state index contributed by atoms with van der Waals surface area (Å²) in [6.45, 7) is 3.24. The molecule has 18 heavy (non-hydrogen) atoms. The Kier molecular flexibility index (Phi) is 5.58. The molecular formula is C16H25NS. The minimum Gasteiger partial charge on any atom is -0.310 e. The molecule has 1 unspecified atom stereocenters. The minimum atomic E-state index is 0.530. The first-order valence-electron chi connectivity index (χ1n) is 7.17. The molecule has 1 atom stereocenters. The number of hydrogen-bond donors (Lipinski definition) is 1. The van der Waals surface area contributed by atoms with Crippen LogP contribution in [-0.4, -0.2) is 18.6 Å². The van der Waals surface area contributed by atoms with Crippen LogP contribution in [0.3, 0.4) is 0 Å². The molecule has 0 radical (unpaired) electrons. The van der Waals surface area contributed by atoms with E-state index in [0.29, 0.717) is 6.04 Å². The molecule has 1 aliphatic carbocycles. The maximum absolute atomic E-state index is 3.62. The highest BCUT2D eigenvalue weighted by molar-refractivity contribution is 7.98. The normalized spacial score (nSPS) is 17.4. The number of benzene rings is 1. The van der Waals surface area contributed by atoms with Crippen molar-refractivity contribution in [3.05, 3.63) is 35.4 Å². The Morgan fingerprint density at radius 3 is 2.83 bits per heavy atom. The number of nitrogens with one attached hydrogen (secondary N) is 1. The summed E-state index contributed by atoms with van der Waals surface area (Å²) in [5, 5.41) is 3.62. The summed E-state index contributed by atoms with van der Waals surface area (Å²) in [6.07, 6.45) is 7.61. The van der Waals surface area contributed by atoms with Crippen LogP contribution in [0, 0.1) is 0 Å². The third-order valence-corrected chi connectivity index (χ3v) is 4.59. The van der Waals surface area contributed by atoms with E-state index in [2.05, 4.69) is 42.8 Å². The highest BCUT2D eigenvalue weighted by Gasteiger charge is 2.20. The zero-order valence-electron chi connectivity index (χ0n) is 11.6. The zero-order chi connectivity index (χ0) is 12.8. The highest BCUT2D eigenvalue weighted by atomic mass is 32.2. The lowest BCUT2D eigenvalue weighted by molar-refractivity contribution is 0.419. The first-order valence-corrected chi connectivity index (χ1v) is 8.56. The third-order valence-electron chi connectivity index (χ3n) is 3.95. The van der Waals surface area contributed by atoms with Crippen LogP contribution in [0.4, 0.5) is 0 Å². The van der Waals surface area contributed by atoms with Gasteiger partial charge in [-0.1, -0.05) is 37.6 Å². The monoisotopic (exact) mass is 263 g/mol. The van der Waals surface area contributed by atoms with Crippen molar-refractivity contribution in [1.82, 2.24) is 5.32 Å². The van der Waals surface area contributed by atoms with Crippen molar-refractivity contribution >= 4 is 11.8 Å². The van der Waals surface area contributed by atoms with Crippen LogP contribution in [0.25, 0.3) is 0 Å². The van der Waals surface area contributed by atoms with Gasteiger partial charge in [0.2, 0.25) is 0 Å². The maximum atomic E-state index is 3.62. The maximum Gasteiger partial charge on any atom is 0.0328 e. The molecule has 1 fully saturated rings. The van der Waals surface area contributed by atoms with E-state index in [1.54, 1.807) is 5.56 Å². The van der Waals surface area contributed by atoms with Crippen molar-refractivity contribution in [3.63, 3.8) is 0 Å². The van der Waals surface area contributed by atoms with Crippen LogP contribution >= 0.6 is 11.8 Å². The molecule has 0 bridgehead atoms. The van der Waals surface area contributed by atoms with Gasteiger partial charge in [-0.05, 0) is 54.9 Å². The Morgan fingerprint density at radius 1 is 1.39 bits per heavy atom. The van der Waals surface area contributed by atoms with Crippen molar-refractivity contribution in [3.8, 4) is 0 Å². The van der Waals surface area contributed by atoms with E-state index in [1.165, 1.54) is 37.0 Å². The van der Waals surface area contributed by atoms with E-state index in [1.807, 2.05) is 11.8 Å². The largest absolute Gasteiger partial charge is 0.310 e. The van der Waals surface area contributed by atoms with Gasteiger partial charge in [-0.15, -0.1) is 0 Å². The molecule has 0 saturated heterocycles. The van der Waals surface area contributed by atoms with E-state index in [9.17, 15) is 0 Å². The fourth-order valence-electron chi connectivity index (χ4n) is 2.64. The lowest BCUT2D eigenvalue weighted by atomic mass is 9.79. The molecule has 1 nitrogen and oxygen atoms in total. The van der Waals surface area contributed by atoms with Crippen molar-refractivity contribution < 1.29 is 0 Å². The Labute approximate surface area is 116 Å². The molecule has 0 aliphatic heterocycles. The van der Waals surface area contributed by atoms with Crippen LogP contribution in [0.1, 0.15) is 55.7 Å². The van der Waals surface area contributed by atoms with E-state index in [-0.39, 0.29) is 0 Å². The molecule has 2 rings (SSSR count). The molecule has 0 heterocycles. The fraction of sp³-hybridized carbons (Fsp3) is 0.625. The lowest BCUT2D eigenvalue weighted by Crippen LogP contribution is -2.22. The molecule has 1 N–H and O–H groups in total. The van der Waals surface area contributed by atoms with Crippen LogP contribution < -0.4 is 5.32 Å². The number of rotatable bonds is 7. The van der Waals surface area contributed by atoms with Crippen LogP contribution in [0.5, 0.6) is 0 Å². The average molecular weight is 263 g/mol. The number of thioether (sulfide) groups is 1. The minimum absolute atomic E-state index is 0.530. The predicted octanol–water partition coefficient (Wildman–Crippen LogP) is 4.36. The second kappa shape index (κ2) is 7.20. The summed E-state index contributed by atoms with van der Waals surface area (Å²) in [4.78, 5) is 0. The van der Waals surface area contributed by atoms with Gasteiger partial charge in [-0.2, -0.15) is 11.8 Å². The molecular weight excluding hydrogens is 238 g/mol. The Balaban J connectivity index is 2.07. The van der Waals surface area contributed by atoms with E-state index in [4.69, 9.17) is 0 Å². The lowest BCUT2D eigenvalue weighted by Gasteiger charge is -2.27. The molecule has 1 aromatic carbocycles. The summed E-state index contributed by atoms with van der Waals surface area (Å²) >= 11 is 1.94. The van der Waals surface area contributed by atoms with Crippen molar-refractivity contribution in [2.24, 2.45) is 0 Å². The van der Waals surface area contributed by atoms with Crippen LogP contribution in [0.2, 0.25) is 0 Å². The Hall–Kier alpha value is -0.470. The average Bonchev–Trinajstić information content (AvgIpc) is 2.33. The summed E-state index contributed by atoms with van der Waals surface area (Å²) in [5.74, 6) is 2.07. The van der Waals surface area contributed by atoms with Crippen molar-refractivity contribution in [2.45, 2.75) is 44.6 Å². The quantitative estimate of drug-likeness (QED) is 0.784. The van der Waals surface area contributed by atoms with E-state index < -0.39 is 0 Å². The SMILES string of the molecule is CCNC(CCSC)c1cccc(C2CCC2)c1. The molecule has 0 spiro atoms. The molecule has 1 aromatic rings. The smallest absolute Gasteiger partial charge is 0.0328 e. The van der Waals surface area contributed by atoms with Gasteiger partial charge < -0.3 is 5.32 Å². The van der Waals surface area contributed by atoms with Crippen LogP contribution in [0.15, 0.2) is 24.3 Å². The van der Waals surface area contributed by atoms with Gasteiger partial charge in [0.25, 0.3) is 0 Å². The van der Waals surface area contributed by atoms with Gasteiger partial charge in [0, 0.05) is 6.04 Å². The van der Waals surface area contributed by atoms with E-state index in [0.717, 1.165) is 12.5 Å². The standard InChI is InChI=1S/C16H25NS/c1-3-17-16(10-11-18-2)15-9-5-8-14(12-15)13-6-4-7-13/h5,8-9,12-13,16-17H,3-4,6-7,10-11H2,1-2H3. The summed E-state index contributed by atoms with van der Waals surface area (Å²) in [7, 11) is 0. The van der Waals surface area contributed by atoms with Gasteiger partial charge in [-0.25, -0.2) is 0 Å². The zero-order valence-corrected chi connectivity index (χ0v) is 12.4. The first kappa shape index (κ1) is 14.0. The molecule has 0 aromatic heterocycles. The molecule has 100 valence electrons. The van der Waals surface area contributed by atoms with Gasteiger partial charge in [-0.3, -0.25) is 0 Å². The molecule has 2 heteroatoms. The molecule has 1 aliphatic rings. The van der Waals surface area contributed by atoms with Gasteiger partial charge in [0.05, 0.1) is 0 Å². The topological polar surface area (TPSA) is 12.0 Å². The highest BCUT2D eigenvalue weighted by Crippen LogP contribution is 2.37. The second-order valence-corrected chi connectivity index (χ2v) is 6.18. The Bertz CT molecular complexity index is 360. The predicted molar refractivity (Wildman–Crippen MR) is 82.5 cm³/mol. The number of hydrogen-bond acceptors (Lipinski definition) is 2. The van der Waals surface area contributed by atoms with Crippen molar-refractivity contribution in [1.29, 1.82) is 0 Å². The van der Waals surface area contributed by atoms with Gasteiger partial charge in [0.15, 0.2) is 0 Å². The second-order valence-electron chi connectivity index (χ2n) is 5.19. The third kappa shape index (κ3) is 3.52. The van der Waals surface area contributed by atoms with Gasteiger partial charge in [0.1, 0.15) is 0 Å². The molecule has 0 amide bonds. The summed E-state index contributed by atoms with van der Waals surface area (Å²) in [5.41, 5.74) is 3.04. The van der Waals surface area contributed by atoms with Gasteiger partial charge >= 0.3 is 0 Å². The first-order chi connectivity index (χ1) is 8.85.